The fourth-order valence-electron chi connectivity index (χ4n) is 2.86. The lowest BCUT2D eigenvalue weighted by atomic mass is 10.0. The first-order valence-corrected chi connectivity index (χ1v) is 7.55. The molecule has 116 valence electrons. The SMILES string of the molecule is COC(=O)c1cc(-c2ccccc2)ccc1-n1c(C)ccc1C. The molecule has 0 aliphatic heterocycles. The highest BCUT2D eigenvalue weighted by atomic mass is 16.5. The highest BCUT2D eigenvalue weighted by molar-refractivity contribution is 5.95. The quantitative estimate of drug-likeness (QED) is 0.665. The van der Waals surface area contributed by atoms with E-state index in [9.17, 15) is 4.79 Å². The van der Waals surface area contributed by atoms with Crippen LogP contribution in [0.25, 0.3) is 16.8 Å². The van der Waals surface area contributed by atoms with Crippen molar-refractivity contribution in [1.29, 1.82) is 0 Å². The van der Waals surface area contributed by atoms with E-state index in [1.807, 2.05) is 74.5 Å². The van der Waals surface area contributed by atoms with E-state index in [0.29, 0.717) is 5.56 Å². The molecule has 0 saturated carbocycles. The third-order valence-corrected chi connectivity index (χ3v) is 4.02. The van der Waals surface area contributed by atoms with Crippen LogP contribution in [0, 0.1) is 13.8 Å². The number of methoxy groups -OCH3 is 1. The molecule has 0 N–H and O–H groups in total. The molecular weight excluding hydrogens is 286 g/mol. The van der Waals surface area contributed by atoms with Gasteiger partial charge in [-0.25, -0.2) is 4.79 Å². The molecule has 3 nitrogen and oxygen atoms in total. The molecule has 0 aliphatic rings. The van der Waals surface area contributed by atoms with Crippen LogP contribution in [-0.2, 0) is 4.74 Å². The number of hydrogen-bond acceptors (Lipinski definition) is 2. The van der Waals surface area contributed by atoms with Gasteiger partial charge in [0.2, 0.25) is 0 Å². The minimum Gasteiger partial charge on any atom is -0.465 e. The van der Waals surface area contributed by atoms with Gasteiger partial charge in [0.25, 0.3) is 0 Å². The topological polar surface area (TPSA) is 31.2 Å². The number of aryl methyl sites for hydroxylation is 2. The van der Waals surface area contributed by atoms with Gasteiger partial charge in [-0.05, 0) is 49.2 Å². The zero-order chi connectivity index (χ0) is 16.4. The van der Waals surface area contributed by atoms with Gasteiger partial charge >= 0.3 is 5.97 Å². The molecule has 2 aromatic carbocycles. The number of aromatic nitrogens is 1. The lowest BCUT2D eigenvalue weighted by Gasteiger charge is -2.15. The van der Waals surface area contributed by atoms with Crippen LogP contribution in [-0.4, -0.2) is 17.6 Å². The molecule has 0 saturated heterocycles. The zero-order valence-corrected chi connectivity index (χ0v) is 13.5. The maximum Gasteiger partial charge on any atom is 0.340 e. The van der Waals surface area contributed by atoms with Gasteiger partial charge in [0.1, 0.15) is 0 Å². The van der Waals surface area contributed by atoms with Gasteiger partial charge in [-0.15, -0.1) is 0 Å². The molecule has 3 heteroatoms. The molecule has 23 heavy (non-hydrogen) atoms. The first-order valence-electron chi connectivity index (χ1n) is 7.55. The largest absolute Gasteiger partial charge is 0.465 e. The van der Waals surface area contributed by atoms with Crippen molar-refractivity contribution in [3.8, 4) is 16.8 Å². The Morgan fingerprint density at radius 3 is 2.13 bits per heavy atom. The summed E-state index contributed by atoms with van der Waals surface area (Å²) in [4.78, 5) is 12.3. The molecule has 0 bridgehead atoms. The Hall–Kier alpha value is -2.81. The maximum atomic E-state index is 12.3. The minimum atomic E-state index is -0.328. The minimum absolute atomic E-state index is 0.328. The monoisotopic (exact) mass is 305 g/mol. The summed E-state index contributed by atoms with van der Waals surface area (Å²) in [5, 5.41) is 0. The van der Waals surface area contributed by atoms with E-state index < -0.39 is 0 Å². The Morgan fingerprint density at radius 1 is 0.870 bits per heavy atom. The Balaban J connectivity index is 2.20. The van der Waals surface area contributed by atoms with Gasteiger partial charge in [0, 0.05) is 11.4 Å². The van der Waals surface area contributed by atoms with Crippen molar-refractivity contribution in [3.63, 3.8) is 0 Å². The van der Waals surface area contributed by atoms with E-state index in [2.05, 4.69) is 4.57 Å². The lowest BCUT2D eigenvalue weighted by Crippen LogP contribution is -2.10. The van der Waals surface area contributed by atoms with Gasteiger partial charge in [-0.3, -0.25) is 0 Å². The van der Waals surface area contributed by atoms with E-state index >= 15 is 0 Å². The molecule has 3 rings (SSSR count). The van der Waals surface area contributed by atoms with Crippen LogP contribution in [0.4, 0.5) is 0 Å². The van der Waals surface area contributed by atoms with Gasteiger partial charge in [0.15, 0.2) is 0 Å². The molecule has 0 amide bonds. The number of nitrogens with zero attached hydrogens (tertiary/aromatic N) is 1. The number of carbonyl (C=O) groups excluding carboxylic acids is 1. The van der Waals surface area contributed by atoms with E-state index in [-0.39, 0.29) is 5.97 Å². The molecule has 1 heterocycles. The Kier molecular flexibility index (Phi) is 4.02. The fourth-order valence-corrected chi connectivity index (χ4v) is 2.86. The van der Waals surface area contributed by atoms with E-state index in [4.69, 9.17) is 4.74 Å². The molecule has 0 unspecified atom stereocenters. The van der Waals surface area contributed by atoms with E-state index in [1.54, 1.807) is 0 Å². The number of ether oxygens (including phenoxy) is 1. The molecule has 0 fully saturated rings. The number of esters is 1. The third-order valence-electron chi connectivity index (χ3n) is 4.02. The molecule has 0 aliphatic carbocycles. The summed E-state index contributed by atoms with van der Waals surface area (Å²) in [5.41, 5.74) is 5.65. The molecular formula is C20H19NO2. The third kappa shape index (κ3) is 2.78. The predicted octanol–water partition coefficient (Wildman–Crippen LogP) is 4.55. The van der Waals surface area contributed by atoms with Crippen molar-refractivity contribution in [1.82, 2.24) is 4.57 Å². The van der Waals surface area contributed by atoms with Crippen LogP contribution in [0.1, 0.15) is 21.7 Å². The Morgan fingerprint density at radius 2 is 1.52 bits per heavy atom. The van der Waals surface area contributed by atoms with Crippen molar-refractivity contribution in [2.24, 2.45) is 0 Å². The summed E-state index contributed by atoms with van der Waals surface area (Å²) in [7, 11) is 1.41. The summed E-state index contributed by atoms with van der Waals surface area (Å²) in [5.74, 6) is -0.328. The van der Waals surface area contributed by atoms with Crippen molar-refractivity contribution in [3.05, 3.63) is 77.6 Å². The van der Waals surface area contributed by atoms with Crippen LogP contribution in [0.3, 0.4) is 0 Å². The van der Waals surface area contributed by atoms with Gasteiger partial charge < -0.3 is 9.30 Å². The zero-order valence-electron chi connectivity index (χ0n) is 13.5. The first kappa shape index (κ1) is 15.1. The smallest absolute Gasteiger partial charge is 0.340 e. The average Bonchev–Trinajstić information content (AvgIpc) is 2.93. The summed E-state index contributed by atoms with van der Waals surface area (Å²) in [6.45, 7) is 4.05. The van der Waals surface area contributed by atoms with Crippen molar-refractivity contribution >= 4 is 5.97 Å². The molecule has 0 atom stereocenters. The van der Waals surface area contributed by atoms with Crippen molar-refractivity contribution in [2.45, 2.75) is 13.8 Å². The summed E-state index contributed by atoms with van der Waals surface area (Å²) < 4.78 is 7.06. The lowest BCUT2D eigenvalue weighted by molar-refractivity contribution is 0.0601. The second-order valence-electron chi connectivity index (χ2n) is 5.54. The number of benzene rings is 2. The highest BCUT2D eigenvalue weighted by Gasteiger charge is 2.16. The number of carbonyl (C=O) groups is 1. The standard InChI is InChI=1S/C20H19NO2/c1-14-9-10-15(2)21(14)19-12-11-17(13-18(19)20(22)23-3)16-7-5-4-6-8-16/h4-13H,1-3H3. The van der Waals surface area contributed by atoms with Crippen LogP contribution in [0.5, 0.6) is 0 Å². The predicted molar refractivity (Wildman–Crippen MR) is 92.0 cm³/mol. The molecule has 0 spiro atoms. The average molecular weight is 305 g/mol. The van der Waals surface area contributed by atoms with Gasteiger partial charge in [0.05, 0.1) is 18.4 Å². The van der Waals surface area contributed by atoms with Crippen LogP contribution >= 0.6 is 0 Å². The van der Waals surface area contributed by atoms with Crippen LogP contribution < -0.4 is 0 Å². The number of hydrogen-bond donors (Lipinski definition) is 0. The normalized spacial score (nSPS) is 10.6. The van der Waals surface area contributed by atoms with E-state index in [0.717, 1.165) is 28.2 Å². The van der Waals surface area contributed by atoms with Crippen LogP contribution in [0.2, 0.25) is 0 Å². The fraction of sp³-hybridized carbons (Fsp3) is 0.150. The molecule has 0 radical (unpaired) electrons. The molecule has 1 aromatic heterocycles. The molecule has 3 aromatic rings. The Bertz CT molecular complexity index is 828. The first-order chi connectivity index (χ1) is 11.1. The van der Waals surface area contributed by atoms with Crippen LogP contribution in [0.15, 0.2) is 60.7 Å². The van der Waals surface area contributed by atoms with Crippen molar-refractivity contribution < 1.29 is 9.53 Å². The van der Waals surface area contributed by atoms with Gasteiger partial charge in [-0.1, -0.05) is 36.4 Å². The Labute approximate surface area is 136 Å². The van der Waals surface area contributed by atoms with Gasteiger partial charge in [-0.2, -0.15) is 0 Å². The maximum absolute atomic E-state index is 12.3. The number of rotatable bonds is 3. The van der Waals surface area contributed by atoms with Crippen molar-refractivity contribution in [2.75, 3.05) is 7.11 Å². The highest BCUT2D eigenvalue weighted by Crippen LogP contribution is 2.27. The summed E-state index contributed by atoms with van der Waals surface area (Å²) >= 11 is 0. The second-order valence-corrected chi connectivity index (χ2v) is 5.54. The summed E-state index contributed by atoms with van der Waals surface area (Å²) in [6.07, 6.45) is 0. The second kappa shape index (κ2) is 6.13. The summed E-state index contributed by atoms with van der Waals surface area (Å²) in [6, 6.07) is 20.0. The van der Waals surface area contributed by atoms with E-state index in [1.165, 1.54) is 7.11 Å².